The van der Waals surface area contributed by atoms with Gasteiger partial charge in [-0.3, -0.25) is 0 Å². The number of methoxy groups -OCH3 is 1. The minimum absolute atomic E-state index is 0.0617. The van der Waals surface area contributed by atoms with Crippen LogP contribution >= 0.6 is 0 Å². The molecular weight excluding hydrogens is 202 g/mol. The van der Waals surface area contributed by atoms with E-state index in [1.165, 1.54) is 32.1 Å². The molecule has 0 amide bonds. The van der Waals surface area contributed by atoms with Crippen LogP contribution in [0.1, 0.15) is 46.0 Å². The van der Waals surface area contributed by atoms with Crippen molar-refractivity contribution in [2.24, 2.45) is 0 Å². The van der Waals surface area contributed by atoms with Crippen molar-refractivity contribution in [2.45, 2.75) is 57.7 Å². The zero-order chi connectivity index (χ0) is 11.9. The fourth-order valence-corrected chi connectivity index (χ4v) is 2.58. The largest absolute Gasteiger partial charge is 0.382 e. The van der Waals surface area contributed by atoms with Gasteiger partial charge in [0.1, 0.15) is 0 Å². The minimum Gasteiger partial charge on any atom is -0.382 e. The van der Waals surface area contributed by atoms with Crippen molar-refractivity contribution >= 4 is 0 Å². The normalized spacial score (nSPS) is 21.9. The molecule has 3 heteroatoms. The number of nitrogens with one attached hydrogen (secondary N) is 1. The smallest absolute Gasteiger partial charge is 0.0811 e. The van der Waals surface area contributed by atoms with Gasteiger partial charge < -0.3 is 14.8 Å². The molecule has 0 aromatic heterocycles. The summed E-state index contributed by atoms with van der Waals surface area (Å²) in [4.78, 5) is 0. The molecule has 0 radical (unpaired) electrons. The van der Waals surface area contributed by atoms with E-state index in [2.05, 4.69) is 19.2 Å². The van der Waals surface area contributed by atoms with Crippen molar-refractivity contribution in [2.75, 3.05) is 26.8 Å². The lowest BCUT2D eigenvalue weighted by Crippen LogP contribution is -2.47. The Balaban J connectivity index is 2.47. The van der Waals surface area contributed by atoms with Crippen LogP contribution in [0.2, 0.25) is 0 Å². The first-order valence-electron chi connectivity index (χ1n) is 6.60. The maximum atomic E-state index is 6.23. The van der Waals surface area contributed by atoms with E-state index in [1.54, 1.807) is 7.11 Å². The molecule has 1 atom stereocenters. The molecule has 0 aromatic carbocycles. The van der Waals surface area contributed by atoms with Crippen LogP contribution in [0.3, 0.4) is 0 Å². The average Bonchev–Trinajstić information content (AvgIpc) is 2.28. The van der Waals surface area contributed by atoms with Gasteiger partial charge >= 0.3 is 0 Å². The third kappa shape index (κ3) is 4.40. The van der Waals surface area contributed by atoms with Crippen LogP contribution in [-0.4, -0.2) is 38.5 Å². The van der Waals surface area contributed by atoms with Crippen molar-refractivity contribution in [1.29, 1.82) is 0 Å². The molecule has 0 aromatic rings. The molecule has 1 aliphatic carbocycles. The molecule has 1 saturated carbocycles. The van der Waals surface area contributed by atoms with E-state index >= 15 is 0 Å². The predicted octanol–water partition coefficient (Wildman–Crippen LogP) is 2.35. The summed E-state index contributed by atoms with van der Waals surface area (Å²) < 4.78 is 11.4. The highest BCUT2D eigenvalue weighted by molar-refractivity contribution is 4.87. The van der Waals surface area contributed by atoms with Gasteiger partial charge in [0.05, 0.1) is 18.3 Å². The van der Waals surface area contributed by atoms with Crippen molar-refractivity contribution < 1.29 is 9.47 Å². The second-order valence-electron chi connectivity index (χ2n) is 4.91. The zero-order valence-corrected chi connectivity index (χ0v) is 11.1. The molecule has 0 aliphatic heterocycles. The van der Waals surface area contributed by atoms with Gasteiger partial charge in [-0.25, -0.2) is 0 Å². The summed E-state index contributed by atoms with van der Waals surface area (Å²) >= 11 is 0. The highest BCUT2D eigenvalue weighted by Gasteiger charge is 2.33. The Kier molecular flexibility index (Phi) is 6.32. The van der Waals surface area contributed by atoms with E-state index in [0.717, 1.165) is 13.1 Å². The third-order valence-electron chi connectivity index (χ3n) is 3.31. The number of rotatable bonds is 7. The van der Waals surface area contributed by atoms with Gasteiger partial charge in [-0.15, -0.1) is 0 Å². The quantitative estimate of drug-likeness (QED) is 0.727. The number of hydrogen-bond acceptors (Lipinski definition) is 3. The van der Waals surface area contributed by atoms with E-state index in [1.807, 2.05) is 0 Å². The van der Waals surface area contributed by atoms with Crippen LogP contribution in [-0.2, 0) is 9.47 Å². The number of likely N-dealkylation sites (N-methyl/N-ethyl adjacent to an activating group) is 1. The lowest BCUT2D eigenvalue weighted by molar-refractivity contribution is -0.122. The van der Waals surface area contributed by atoms with Gasteiger partial charge in [0.15, 0.2) is 0 Å². The maximum absolute atomic E-state index is 6.23. The van der Waals surface area contributed by atoms with Crippen LogP contribution in [0, 0.1) is 0 Å². The average molecular weight is 229 g/mol. The number of ether oxygens (including phenoxy) is 2. The molecule has 96 valence electrons. The molecule has 1 N–H and O–H groups in total. The summed E-state index contributed by atoms with van der Waals surface area (Å²) in [7, 11) is 1.73. The summed E-state index contributed by atoms with van der Waals surface area (Å²) in [5.74, 6) is 0. The van der Waals surface area contributed by atoms with E-state index in [-0.39, 0.29) is 11.7 Å². The van der Waals surface area contributed by atoms with Crippen molar-refractivity contribution in [3.05, 3.63) is 0 Å². The predicted molar refractivity (Wildman–Crippen MR) is 66.8 cm³/mol. The molecule has 1 unspecified atom stereocenters. The lowest BCUT2D eigenvalue weighted by atomic mass is 9.84. The molecule has 0 spiro atoms. The Labute approximate surface area is 99.9 Å². The number of hydrogen-bond donors (Lipinski definition) is 1. The Morgan fingerprint density at radius 2 is 1.94 bits per heavy atom. The van der Waals surface area contributed by atoms with E-state index in [4.69, 9.17) is 9.47 Å². The highest BCUT2D eigenvalue weighted by Crippen LogP contribution is 2.32. The van der Waals surface area contributed by atoms with Crippen LogP contribution < -0.4 is 5.32 Å². The summed E-state index contributed by atoms with van der Waals surface area (Å²) in [6.07, 6.45) is 6.52. The fourth-order valence-electron chi connectivity index (χ4n) is 2.58. The first kappa shape index (κ1) is 13.9. The van der Waals surface area contributed by atoms with Gasteiger partial charge in [-0.1, -0.05) is 26.2 Å². The molecule has 0 saturated heterocycles. The van der Waals surface area contributed by atoms with Gasteiger partial charge in [0.2, 0.25) is 0 Å². The Bertz CT molecular complexity index is 179. The molecular formula is C13H27NO2. The second-order valence-corrected chi connectivity index (χ2v) is 4.91. The minimum atomic E-state index is 0.0617. The van der Waals surface area contributed by atoms with Crippen LogP contribution in [0.4, 0.5) is 0 Å². The Morgan fingerprint density at radius 1 is 1.25 bits per heavy atom. The van der Waals surface area contributed by atoms with Gasteiger partial charge in [0.25, 0.3) is 0 Å². The zero-order valence-electron chi connectivity index (χ0n) is 11.1. The van der Waals surface area contributed by atoms with Crippen LogP contribution in [0.25, 0.3) is 0 Å². The molecule has 1 aliphatic rings. The molecule has 1 rings (SSSR count). The van der Waals surface area contributed by atoms with Crippen molar-refractivity contribution in [3.8, 4) is 0 Å². The molecule has 3 nitrogen and oxygen atoms in total. The fraction of sp³-hybridized carbons (Fsp3) is 1.00. The topological polar surface area (TPSA) is 30.5 Å². The summed E-state index contributed by atoms with van der Waals surface area (Å²) in [6, 6.07) is 0. The summed E-state index contributed by atoms with van der Waals surface area (Å²) in [6.45, 7) is 6.94. The lowest BCUT2D eigenvalue weighted by Gasteiger charge is -2.39. The van der Waals surface area contributed by atoms with Crippen LogP contribution in [0.15, 0.2) is 0 Å². The van der Waals surface area contributed by atoms with Gasteiger partial charge in [0, 0.05) is 13.7 Å². The molecule has 0 bridgehead atoms. The Hall–Kier alpha value is -0.120. The van der Waals surface area contributed by atoms with Gasteiger partial charge in [-0.05, 0) is 26.3 Å². The van der Waals surface area contributed by atoms with Crippen LogP contribution in [0.5, 0.6) is 0 Å². The van der Waals surface area contributed by atoms with E-state index in [0.29, 0.717) is 6.61 Å². The molecule has 16 heavy (non-hydrogen) atoms. The SMILES string of the molecule is CCNCC1(OC(C)COC)CCCCC1. The van der Waals surface area contributed by atoms with Gasteiger partial charge in [-0.2, -0.15) is 0 Å². The maximum Gasteiger partial charge on any atom is 0.0811 e. The molecule has 1 fully saturated rings. The van der Waals surface area contributed by atoms with E-state index in [9.17, 15) is 0 Å². The monoisotopic (exact) mass is 229 g/mol. The third-order valence-corrected chi connectivity index (χ3v) is 3.31. The molecule has 0 heterocycles. The van der Waals surface area contributed by atoms with E-state index < -0.39 is 0 Å². The second kappa shape index (κ2) is 7.25. The first-order chi connectivity index (χ1) is 7.72. The van der Waals surface area contributed by atoms with Crippen molar-refractivity contribution in [1.82, 2.24) is 5.32 Å². The summed E-state index contributed by atoms with van der Waals surface area (Å²) in [5.41, 5.74) is 0.0617. The Morgan fingerprint density at radius 3 is 2.50 bits per heavy atom. The highest BCUT2D eigenvalue weighted by atomic mass is 16.5. The summed E-state index contributed by atoms with van der Waals surface area (Å²) in [5, 5.41) is 3.44. The first-order valence-corrected chi connectivity index (χ1v) is 6.60. The van der Waals surface area contributed by atoms with Crippen molar-refractivity contribution in [3.63, 3.8) is 0 Å². The standard InChI is InChI=1S/C13H27NO2/c1-4-14-11-13(8-6-5-7-9-13)16-12(2)10-15-3/h12,14H,4-11H2,1-3H3.